The number of rotatable bonds is 6. The summed E-state index contributed by atoms with van der Waals surface area (Å²) >= 11 is 0.757. The van der Waals surface area contributed by atoms with E-state index >= 15 is 0 Å². The van der Waals surface area contributed by atoms with Crippen LogP contribution in [-0.2, 0) is 14.8 Å². The third-order valence-corrected chi connectivity index (χ3v) is 9.80. The van der Waals surface area contributed by atoms with E-state index in [0.29, 0.717) is 16.8 Å². The van der Waals surface area contributed by atoms with Crippen LogP contribution >= 0.6 is 11.3 Å². The Morgan fingerprint density at radius 2 is 1.89 bits per heavy atom. The van der Waals surface area contributed by atoms with Crippen molar-refractivity contribution in [2.75, 3.05) is 31.1 Å². The molecule has 1 saturated carbocycles. The molecule has 0 amide bonds. The van der Waals surface area contributed by atoms with E-state index in [2.05, 4.69) is 30.1 Å². The lowest BCUT2D eigenvalue weighted by molar-refractivity contribution is -0.122. The fraction of sp³-hybridized carbons (Fsp3) is 0.545. The Morgan fingerprint density at radius 3 is 2.43 bits per heavy atom. The molecule has 3 aliphatic rings. The van der Waals surface area contributed by atoms with Crippen molar-refractivity contribution < 1.29 is 27.1 Å². The van der Waals surface area contributed by atoms with E-state index in [0.717, 1.165) is 68.9 Å². The summed E-state index contributed by atoms with van der Waals surface area (Å²) in [6.07, 6.45) is 4.05. The van der Waals surface area contributed by atoms with Crippen molar-refractivity contribution >= 4 is 39.0 Å². The molecule has 1 spiro atoms. The van der Waals surface area contributed by atoms with Crippen LogP contribution in [0.4, 0.5) is 14.5 Å². The third kappa shape index (κ3) is 5.04. The van der Waals surface area contributed by atoms with E-state index in [9.17, 15) is 17.2 Å². The van der Waals surface area contributed by atoms with Crippen molar-refractivity contribution in [2.45, 2.75) is 49.5 Å². The first-order valence-electron chi connectivity index (χ1n) is 11.8. The molecule has 2 aliphatic heterocycles. The van der Waals surface area contributed by atoms with Crippen LogP contribution in [-0.4, -0.2) is 71.3 Å². The number of nitrogens with one attached hydrogen (secondary N) is 2. The Balaban J connectivity index is 0.000000892. The predicted octanol–water partition coefficient (Wildman–Crippen LogP) is 2.51. The minimum atomic E-state index is -3.80. The molecular formula is C22H27F2N7O4S2. The Morgan fingerprint density at radius 1 is 1.22 bits per heavy atom. The van der Waals surface area contributed by atoms with E-state index in [-0.39, 0.29) is 16.4 Å². The van der Waals surface area contributed by atoms with Crippen LogP contribution in [0.25, 0.3) is 16.3 Å². The molecule has 5 heterocycles. The van der Waals surface area contributed by atoms with E-state index in [4.69, 9.17) is 9.90 Å². The summed E-state index contributed by atoms with van der Waals surface area (Å²) in [6.45, 7) is 5.29. The first-order valence-corrected chi connectivity index (χ1v) is 14.1. The molecule has 0 aromatic carbocycles. The summed E-state index contributed by atoms with van der Waals surface area (Å²) in [6, 6.07) is 1.70. The number of carboxylic acid groups (broad SMARTS) is 1. The van der Waals surface area contributed by atoms with Crippen LogP contribution in [0.2, 0.25) is 0 Å². The number of alkyl halides is 2. The SMILES string of the molecule is CC1(NS(=O)(=O)c2cc(N3CCC4(CC3)CNC4)c3cnc(-c4nnc(C(F)F)s4)n3c2)CC1.O=CO. The molecule has 0 bridgehead atoms. The van der Waals surface area contributed by atoms with Crippen molar-refractivity contribution in [1.29, 1.82) is 0 Å². The molecule has 3 N–H and O–H groups in total. The number of aromatic nitrogens is 4. The number of nitrogens with zero attached hydrogens (tertiary/aromatic N) is 5. The highest BCUT2D eigenvalue weighted by Gasteiger charge is 2.42. The van der Waals surface area contributed by atoms with Crippen LogP contribution < -0.4 is 14.9 Å². The van der Waals surface area contributed by atoms with Crippen LogP contribution in [0.1, 0.15) is 44.0 Å². The van der Waals surface area contributed by atoms with Crippen LogP contribution in [0.3, 0.4) is 0 Å². The summed E-state index contributed by atoms with van der Waals surface area (Å²) in [5.74, 6) is 0.298. The summed E-state index contributed by atoms with van der Waals surface area (Å²) in [4.78, 5) is 15.1. The molecule has 6 rings (SSSR count). The van der Waals surface area contributed by atoms with Gasteiger partial charge in [-0.2, -0.15) is 0 Å². The lowest BCUT2D eigenvalue weighted by Crippen LogP contribution is -2.58. The zero-order chi connectivity index (χ0) is 26.4. The van der Waals surface area contributed by atoms with Crippen molar-refractivity contribution in [2.24, 2.45) is 5.41 Å². The monoisotopic (exact) mass is 555 g/mol. The van der Waals surface area contributed by atoms with E-state index in [1.54, 1.807) is 16.7 Å². The first-order chi connectivity index (χ1) is 17.6. The van der Waals surface area contributed by atoms with Gasteiger partial charge in [0.05, 0.1) is 17.4 Å². The van der Waals surface area contributed by atoms with Gasteiger partial charge in [-0.05, 0) is 44.1 Å². The number of halogens is 2. The van der Waals surface area contributed by atoms with Gasteiger partial charge in [-0.25, -0.2) is 26.9 Å². The third-order valence-electron chi connectivity index (χ3n) is 7.27. The number of fused-ring (bicyclic) bond motifs is 1. The maximum atomic E-state index is 13.3. The van der Waals surface area contributed by atoms with E-state index < -0.39 is 27.0 Å². The molecule has 3 aromatic heterocycles. The normalized spacial score (nSPS) is 19.9. The fourth-order valence-corrected chi connectivity index (χ4v) is 6.93. The van der Waals surface area contributed by atoms with Gasteiger partial charge in [-0.3, -0.25) is 9.20 Å². The molecule has 0 unspecified atom stereocenters. The largest absolute Gasteiger partial charge is 0.483 e. The van der Waals surface area contributed by atoms with Crippen LogP contribution in [0.5, 0.6) is 0 Å². The van der Waals surface area contributed by atoms with Crippen molar-refractivity contribution in [1.82, 2.24) is 29.6 Å². The van der Waals surface area contributed by atoms with Gasteiger partial charge in [-0.1, -0.05) is 11.3 Å². The number of anilines is 1. The van der Waals surface area contributed by atoms with Gasteiger partial charge in [0.2, 0.25) is 10.0 Å². The topological polar surface area (TPSA) is 142 Å². The quantitative estimate of drug-likeness (QED) is 0.391. The molecule has 37 heavy (non-hydrogen) atoms. The number of hydrogen-bond donors (Lipinski definition) is 3. The summed E-state index contributed by atoms with van der Waals surface area (Å²) in [5.41, 5.74) is 1.39. The minimum Gasteiger partial charge on any atom is -0.483 e. The van der Waals surface area contributed by atoms with E-state index in [1.807, 2.05) is 6.92 Å². The van der Waals surface area contributed by atoms with E-state index in [1.165, 1.54) is 6.20 Å². The summed E-state index contributed by atoms with van der Waals surface area (Å²) in [5, 5.41) is 17.5. The Kier molecular flexibility index (Phi) is 6.66. The molecule has 2 saturated heterocycles. The Hall–Kier alpha value is -2.75. The minimum absolute atomic E-state index is 0.117. The van der Waals surface area contributed by atoms with Gasteiger partial charge in [0.15, 0.2) is 15.8 Å². The molecule has 1 aliphatic carbocycles. The molecule has 200 valence electrons. The molecule has 11 nitrogen and oxygen atoms in total. The Bertz CT molecular complexity index is 1410. The average molecular weight is 556 g/mol. The number of piperidine rings is 1. The Labute approximate surface area is 216 Å². The van der Waals surface area contributed by atoms with Crippen LogP contribution in [0, 0.1) is 5.41 Å². The number of imidazole rings is 1. The lowest BCUT2D eigenvalue weighted by Gasteiger charge is -2.49. The van der Waals surface area contributed by atoms with Crippen LogP contribution in [0.15, 0.2) is 23.4 Å². The smallest absolute Gasteiger partial charge is 0.291 e. The zero-order valence-corrected chi connectivity index (χ0v) is 21.7. The molecule has 3 fully saturated rings. The molecule has 15 heteroatoms. The number of pyridine rings is 1. The van der Waals surface area contributed by atoms with Gasteiger partial charge in [0, 0.05) is 37.9 Å². The van der Waals surface area contributed by atoms with Crippen molar-refractivity contribution in [3.8, 4) is 10.8 Å². The van der Waals surface area contributed by atoms with Gasteiger partial charge in [0.1, 0.15) is 4.90 Å². The molecule has 0 radical (unpaired) electrons. The number of sulfonamides is 1. The van der Waals surface area contributed by atoms with Gasteiger partial charge in [0.25, 0.3) is 12.9 Å². The second-order valence-corrected chi connectivity index (χ2v) is 12.7. The highest BCUT2D eigenvalue weighted by atomic mass is 32.2. The molecule has 0 atom stereocenters. The standard InChI is InChI=1S/C21H25F2N7O2S2.CH2O2/c1-20(2-3-20)28-34(31,32)13-8-14(29-6-4-21(5-7-29)11-24-12-21)15-9-25-17(30(15)10-13)19-27-26-18(33-19)16(22)23;2-1-3/h8-10,16,24,28H,2-7,11-12H2,1H3;1H,(H,2,3). The predicted molar refractivity (Wildman–Crippen MR) is 132 cm³/mol. The van der Waals surface area contributed by atoms with Gasteiger partial charge < -0.3 is 15.3 Å². The molecule has 3 aromatic rings. The zero-order valence-electron chi connectivity index (χ0n) is 20.0. The molecular weight excluding hydrogens is 528 g/mol. The first kappa shape index (κ1) is 25.9. The number of carbonyl (C=O) groups is 1. The van der Waals surface area contributed by atoms with Gasteiger partial charge in [-0.15, -0.1) is 10.2 Å². The van der Waals surface area contributed by atoms with Crippen molar-refractivity contribution in [3.05, 3.63) is 23.5 Å². The summed E-state index contributed by atoms with van der Waals surface area (Å²) < 4.78 is 57.2. The summed E-state index contributed by atoms with van der Waals surface area (Å²) in [7, 11) is -3.80. The highest BCUT2D eigenvalue weighted by molar-refractivity contribution is 7.89. The van der Waals surface area contributed by atoms with Gasteiger partial charge >= 0.3 is 0 Å². The second-order valence-electron chi connectivity index (χ2n) is 10.0. The fourth-order valence-electron chi connectivity index (χ4n) is 4.75. The maximum absolute atomic E-state index is 13.3. The number of hydrogen-bond acceptors (Lipinski definition) is 9. The highest BCUT2D eigenvalue weighted by Crippen LogP contribution is 2.40. The lowest BCUT2D eigenvalue weighted by atomic mass is 9.73. The van der Waals surface area contributed by atoms with Crippen molar-refractivity contribution in [3.63, 3.8) is 0 Å². The average Bonchev–Trinajstić information content (AvgIpc) is 3.23. The second kappa shape index (κ2) is 9.53. The maximum Gasteiger partial charge on any atom is 0.291 e.